The molecule has 0 aromatic rings. The van der Waals surface area contributed by atoms with Crippen LogP contribution in [0.4, 0.5) is 0 Å². The first-order valence-corrected chi connectivity index (χ1v) is 4.80. The summed E-state index contributed by atoms with van der Waals surface area (Å²) in [5, 5.41) is 3.36. The Hall–Kier alpha value is -0.340. The van der Waals surface area contributed by atoms with E-state index in [9.17, 15) is 0 Å². The lowest BCUT2D eigenvalue weighted by Crippen LogP contribution is -2.41. The number of hydrogen-bond acceptors (Lipinski definition) is 2. The van der Waals surface area contributed by atoms with Crippen LogP contribution in [-0.4, -0.2) is 19.1 Å². The van der Waals surface area contributed by atoms with Crippen molar-refractivity contribution in [3.8, 4) is 0 Å². The van der Waals surface area contributed by atoms with Crippen LogP contribution in [0.3, 0.4) is 0 Å². The topological polar surface area (TPSA) is 38.0 Å². The maximum Gasteiger partial charge on any atom is 0.0218 e. The van der Waals surface area contributed by atoms with E-state index >= 15 is 0 Å². The van der Waals surface area contributed by atoms with E-state index in [1.54, 1.807) is 0 Å². The predicted octanol–water partition coefficient (Wildman–Crippen LogP) is 1.53. The minimum Gasteiger partial charge on any atom is -0.329 e. The van der Waals surface area contributed by atoms with Crippen LogP contribution < -0.4 is 11.1 Å². The summed E-state index contributed by atoms with van der Waals surface area (Å²) in [4.78, 5) is 0. The molecule has 0 fully saturated rings. The van der Waals surface area contributed by atoms with E-state index in [1.807, 2.05) is 6.08 Å². The van der Waals surface area contributed by atoms with Gasteiger partial charge in [0.1, 0.15) is 0 Å². The molecular formula is C10H22N2. The molecule has 0 aromatic carbocycles. The van der Waals surface area contributed by atoms with E-state index in [4.69, 9.17) is 5.73 Å². The van der Waals surface area contributed by atoms with Gasteiger partial charge >= 0.3 is 0 Å². The quantitative estimate of drug-likeness (QED) is 0.569. The molecular weight excluding hydrogens is 148 g/mol. The zero-order valence-electron chi connectivity index (χ0n) is 8.34. The van der Waals surface area contributed by atoms with E-state index < -0.39 is 0 Å². The standard InChI is InChI=1S/C10H22N2/c1-4-6-9(3)10(8-11)12-7-5-2/h5,9-10,12H,2,4,6-8,11H2,1,3H3. The van der Waals surface area contributed by atoms with Crippen LogP contribution >= 0.6 is 0 Å². The molecule has 12 heavy (non-hydrogen) atoms. The lowest BCUT2D eigenvalue weighted by atomic mass is 9.97. The molecule has 3 N–H and O–H groups in total. The van der Waals surface area contributed by atoms with Crippen LogP contribution in [0, 0.1) is 5.92 Å². The third-order valence-electron chi connectivity index (χ3n) is 2.21. The number of nitrogens with two attached hydrogens (primary N) is 1. The maximum atomic E-state index is 5.65. The van der Waals surface area contributed by atoms with E-state index in [-0.39, 0.29) is 0 Å². The van der Waals surface area contributed by atoms with Crippen molar-refractivity contribution in [3.63, 3.8) is 0 Å². The molecule has 0 rings (SSSR count). The minimum absolute atomic E-state index is 0.447. The normalized spacial score (nSPS) is 15.6. The molecule has 0 radical (unpaired) electrons. The summed E-state index contributed by atoms with van der Waals surface area (Å²) in [6.45, 7) is 9.70. The fraction of sp³-hybridized carbons (Fsp3) is 0.800. The third kappa shape index (κ3) is 4.52. The molecule has 0 aliphatic carbocycles. The second-order valence-electron chi connectivity index (χ2n) is 3.31. The molecule has 0 saturated heterocycles. The Balaban J connectivity index is 3.69. The first-order valence-electron chi connectivity index (χ1n) is 4.80. The zero-order valence-corrected chi connectivity index (χ0v) is 8.34. The van der Waals surface area contributed by atoms with Gasteiger partial charge in [-0.25, -0.2) is 0 Å². The first-order chi connectivity index (χ1) is 5.76. The molecule has 0 aromatic heterocycles. The maximum absolute atomic E-state index is 5.65. The Morgan fingerprint density at radius 3 is 2.67 bits per heavy atom. The largest absolute Gasteiger partial charge is 0.329 e. The third-order valence-corrected chi connectivity index (χ3v) is 2.21. The molecule has 0 spiro atoms. The highest BCUT2D eigenvalue weighted by atomic mass is 14.9. The highest BCUT2D eigenvalue weighted by molar-refractivity contribution is 4.79. The lowest BCUT2D eigenvalue weighted by molar-refractivity contribution is 0.371. The number of nitrogens with one attached hydrogen (secondary N) is 1. The van der Waals surface area contributed by atoms with Crippen LogP contribution in [-0.2, 0) is 0 Å². The average Bonchev–Trinajstić information content (AvgIpc) is 2.06. The van der Waals surface area contributed by atoms with Gasteiger partial charge in [0.25, 0.3) is 0 Å². The Morgan fingerprint density at radius 2 is 2.25 bits per heavy atom. The van der Waals surface area contributed by atoms with E-state index in [0.717, 1.165) is 13.1 Å². The van der Waals surface area contributed by atoms with Gasteiger partial charge in [-0.05, 0) is 12.3 Å². The van der Waals surface area contributed by atoms with E-state index in [0.29, 0.717) is 12.0 Å². The fourth-order valence-corrected chi connectivity index (χ4v) is 1.41. The van der Waals surface area contributed by atoms with Crippen molar-refractivity contribution >= 4 is 0 Å². The molecule has 72 valence electrons. The van der Waals surface area contributed by atoms with Crippen LogP contribution in [0.15, 0.2) is 12.7 Å². The molecule has 0 heterocycles. The van der Waals surface area contributed by atoms with Gasteiger partial charge in [0.2, 0.25) is 0 Å². The second-order valence-corrected chi connectivity index (χ2v) is 3.31. The molecule has 2 nitrogen and oxygen atoms in total. The van der Waals surface area contributed by atoms with E-state index in [1.165, 1.54) is 12.8 Å². The molecule has 2 atom stereocenters. The van der Waals surface area contributed by atoms with Crippen LogP contribution in [0.25, 0.3) is 0 Å². The van der Waals surface area contributed by atoms with Gasteiger partial charge in [-0.2, -0.15) is 0 Å². The Kier molecular flexibility index (Phi) is 7.11. The first kappa shape index (κ1) is 11.7. The summed E-state index contributed by atoms with van der Waals surface area (Å²) in [5.74, 6) is 0.667. The van der Waals surface area contributed by atoms with Crippen LogP contribution in [0.5, 0.6) is 0 Å². The zero-order chi connectivity index (χ0) is 9.40. The predicted molar refractivity (Wildman–Crippen MR) is 55.1 cm³/mol. The van der Waals surface area contributed by atoms with Crippen molar-refractivity contribution < 1.29 is 0 Å². The van der Waals surface area contributed by atoms with Crippen molar-refractivity contribution in [2.24, 2.45) is 11.7 Å². The van der Waals surface area contributed by atoms with Gasteiger partial charge in [0.15, 0.2) is 0 Å². The summed E-state index contributed by atoms with van der Waals surface area (Å²) in [7, 11) is 0. The van der Waals surface area contributed by atoms with Gasteiger partial charge < -0.3 is 11.1 Å². The van der Waals surface area contributed by atoms with Gasteiger partial charge in [-0.15, -0.1) is 6.58 Å². The summed E-state index contributed by atoms with van der Waals surface area (Å²) < 4.78 is 0. The molecule has 2 unspecified atom stereocenters. The van der Waals surface area contributed by atoms with Gasteiger partial charge in [-0.1, -0.05) is 26.3 Å². The van der Waals surface area contributed by atoms with Crippen molar-refractivity contribution in [2.45, 2.75) is 32.7 Å². The summed E-state index contributed by atoms with van der Waals surface area (Å²) in [5.41, 5.74) is 5.65. The second kappa shape index (κ2) is 7.32. The smallest absolute Gasteiger partial charge is 0.0218 e. The van der Waals surface area contributed by atoms with Gasteiger partial charge in [0, 0.05) is 19.1 Å². The summed E-state index contributed by atoms with van der Waals surface area (Å²) >= 11 is 0. The Labute approximate surface area is 76.2 Å². The summed E-state index contributed by atoms with van der Waals surface area (Å²) in [6.07, 6.45) is 4.35. The molecule has 0 aliphatic rings. The summed E-state index contributed by atoms with van der Waals surface area (Å²) in [6, 6.07) is 0.447. The molecule has 0 amide bonds. The monoisotopic (exact) mass is 170 g/mol. The minimum atomic E-state index is 0.447. The van der Waals surface area contributed by atoms with Crippen LogP contribution in [0.1, 0.15) is 26.7 Å². The average molecular weight is 170 g/mol. The van der Waals surface area contributed by atoms with Crippen molar-refractivity contribution in [1.82, 2.24) is 5.32 Å². The number of rotatable bonds is 7. The SMILES string of the molecule is C=CCNC(CN)C(C)CCC. The van der Waals surface area contributed by atoms with E-state index in [2.05, 4.69) is 25.7 Å². The molecule has 2 heteroatoms. The molecule has 0 saturated carbocycles. The van der Waals surface area contributed by atoms with Crippen molar-refractivity contribution in [2.75, 3.05) is 13.1 Å². The van der Waals surface area contributed by atoms with Crippen molar-refractivity contribution in [1.29, 1.82) is 0 Å². The molecule has 0 bridgehead atoms. The Bertz CT molecular complexity index is 112. The fourth-order valence-electron chi connectivity index (χ4n) is 1.41. The van der Waals surface area contributed by atoms with Gasteiger partial charge in [0.05, 0.1) is 0 Å². The Morgan fingerprint density at radius 1 is 1.58 bits per heavy atom. The van der Waals surface area contributed by atoms with Gasteiger partial charge in [-0.3, -0.25) is 0 Å². The molecule has 0 aliphatic heterocycles. The lowest BCUT2D eigenvalue weighted by Gasteiger charge is -2.22. The van der Waals surface area contributed by atoms with Crippen LogP contribution in [0.2, 0.25) is 0 Å². The highest BCUT2D eigenvalue weighted by Crippen LogP contribution is 2.09. The number of hydrogen-bond donors (Lipinski definition) is 2. The van der Waals surface area contributed by atoms with Crippen molar-refractivity contribution in [3.05, 3.63) is 12.7 Å². The highest BCUT2D eigenvalue weighted by Gasteiger charge is 2.12.